The van der Waals surface area contributed by atoms with Gasteiger partial charge in [0.05, 0.1) is 16.8 Å². The van der Waals surface area contributed by atoms with Crippen LogP contribution in [0.1, 0.15) is 10.4 Å². The maximum Gasteiger partial charge on any atom is 0.337 e. The van der Waals surface area contributed by atoms with Gasteiger partial charge in [-0.15, -0.1) is 0 Å². The Morgan fingerprint density at radius 2 is 1.89 bits per heavy atom. The third-order valence-electron chi connectivity index (χ3n) is 2.95. The molecule has 3 aromatic rings. The van der Waals surface area contributed by atoms with Crippen LogP contribution in [0.25, 0.3) is 22.2 Å². The van der Waals surface area contributed by atoms with Crippen molar-refractivity contribution >= 4 is 28.5 Å². The summed E-state index contributed by atoms with van der Waals surface area (Å²) in [6.45, 7) is 0. The van der Waals surface area contributed by atoms with Crippen LogP contribution in [-0.4, -0.2) is 21.3 Å². The summed E-state index contributed by atoms with van der Waals surface area (Å²) in [6.07, 6.45) is 0. The molecule has 0 atom stereocenters. The second-order valence-corrected chi connectivity index (χ2v) is 4.55. The molecule has 0 spiro atoms. The molecule has 0 saturated carbocycles. The number of rotatable bonds is 2. The van der Waals surface area contributed by atoms with Crippen molar-refractivity contribution in [2.75, 3.05) is 0 Å². The van der Waals surface area contributed by atoms with Crippen LogP contribution in [0.3, 0.4) is 0 Å². The zero-order valence-corrected chi connectivity index (χ0v) is 10.5. The molecule has 0 aliphatic rings. The van der Waals surface area contributed by atoms with Crippen LogP contribution >= 0.6 is 11.6 Å². The Hall–Kier alpha value is -2.33. The van der Waals surface area contributed by atoms with Crippen LogP contribution < -0.4 is 0 Å². The Morgan fingerprint density at radius 1 is 1.16 bits per heavy atom. The van der Waals surface area contributed by atoms with Gasteiger partial charge >= 0.3 is 5.97 Å². The molecule has 0 bridgehead atoms. The number of carboxylic acid groups (broad SMARTS) is 1. The van der Waals surface area contributed by atoms with Gasteiger partial charge in [0.2, 0.25) is 0 Å². The number of halogens is 1. The molecule has 0 saturated heterocycles. The summed E-state index contributed by atoms with van der Waals surface area (Å²) in [6, 6.07) is 12.4. The van der Waals surface area contributed by atoms with Gasteiger partial charge in [0.15, 0.2) is 0 Å². The Balaban J connectivity index is 2.24. The van der Waals surface area contributed by atoms with Crippen molar-refractivity contribution in [2.24, 2.45) is 0 Å². The Kier molecular flexibility index (Phi) is 2.72. The molecule has 1 aromatic heterocycles. The van der Waals surface area contributed by atoms with E-state index < -0.39 is 5.97 Å². The molecule has 2 aromatic carbocycles. The minimum Gasteiger partial charge on any atom is -0.478 e. The third-order valence-corrected chi connectivity index (χ3v) is 3.20. The van der Waals surface area contributed by atoms with E-state index in [-0.39, 0.29) is 5.56 Å². The molecule has 0 fully saturated rings. The quantitative estimate of drug-likeness (QED) is 0.749. The van der Waals surface area contributed by atoms with E-state index in [1.165, 1.54) is 0 Å². The molecule has 2 N–H and O–H groups in total. The predicted octanol–water partition coefficient (Wildman–Crippen LogP) is 3.58. The van der Waals surface area contributed by atoms with Crippen LogP contribution in [-0.2, 0) is 0 Å². The van der Waals surface area contributed by atoms with Crippen molar-refractivity contribution in [1.82, 2.24) is 10.2 Å². The van der Waals surface area contributed by atoms with Gasteiger partial charge in [-0.2, -0.15) is 5.10 Å². The normalized spacial score (nSPS) is 10.8. The van der Waals surface area contributed by atoms with Crippen LogP contribution in [0, 0.1) is 0 Å². The van der Waals surface area contributed by atoms with Crippen molar-refractivity contribution in [3.63, 3.8) is 0 Å². The Bertz CT molecular complexity index is 763. The van der Waals surface area contributed by atoms with E-state index in [2.05, 4.69) is 10.2 Å². The van der Waals surface area contributed by atoms with Crippen LogP contribution in [0.15, 0.2) is 42.5 Å². The highest BCUT2D eigenvalue weighted by Crippen LogP contribution is 2.28. The largest absolute Gasteiger partial charge is 0.478 e. The highest BCUT2D eigenvalue weighted by molar-refractivity contribution is 6.30. The minimum absolute atomic E-state index is 0.213. The first-order valence-electron chi connectivity index (χ1n) is 5.63. The fourth-order valence-electron chi connectivity index (χ4n) is 2.05. The molecule has 0 radical (unpaired) electrons. The zero-order chi connectivity index (χ0) is 13.4. The Morgan fingerprint density at radius 3 is 2.58 bits per heavy atom. The van der Waals surface area contributed by atoms with E-state index >= 15 is 0 Å². The summed E-state index contributed by atoms with van der Waals surface area (Å²) in [5.41, 5.74) is 2.35. The van der Waals surface area contributed by atoms with Gasteiger partial charge in [0.25, 0.3) is 0 Å². The number of nitrogens with zero attached hydrogens (tertiary/aromatic N) is 1. The lowest BCUT2D eigenvalue weighted by molar-refractivity contribution is 0.0699. The number of H-pyrrole nitrogens is 1. The first kappa shape index (κ1) is 11.7. The van der Waals surface area contributed by atoms with Gasteiger partial charge in [-0.3, -0.25) is 5.10 Å². The molecule has 94 valence electrons. The molecule has 0 amide bonds. The number of fused-ring (bicyclic) bond motifs is 1. The van der Waals surface area contributed by atoms with Gasteiger partial charge in [-0.25, -0.2) is 4.79 Å². The summed E-state index contributed by atoms with van der Waals surface area (Å²) in [7, 11) is 0. The van der Waals surface area contributed by atoms with Crippen molar-refractivity contribution in [1.29, 1.82) is 0 Å². The summed E-state index contributed by atoms with van der Waals surface area (Å²) in [5, 5.41) is 17.6. The number of carboxylic acids is 1. The molecule has 5 heteroatoms. The fourth-order valence-corrected chi connectivity index (χ4v) is 2.17. The second kappa shape index (κ2) is 4.40. The van der Waals surface area contributed by atoms with Crippen molar-refractivity contribution < 1.29 is 9.90 Å². The SMILES string of the molecule is O=C(O)c1cccc2c(-c3ccc(Cl)cc3)n[nH]c12. The molecule has 0 aliphatic heterocycles. The van der Waals surface area contributed by atoms with E-state index in [9.17, 15) is 4.79 Å². The van der Waals surface area contributed by atoms with Crippen molar-refractivity contribution in [2.45, 2.75) is 0 Å². The molecule has 1 heterocycles. The summed E-state index contributed by atoms with van der Waals surface area (Å²) >= 11 is 5.85. The van der Waals surface area contributed by atoms with Gasteiger partial charge in [-0.05, 0) is 18.2 Å². The summed E-state index contributed by atoms with van der Waals surface area (Å²) < 4.78 is 0. The second-order valence-electron chi connectivity index (χ2n) is 4.11. The van der Waals surface area contributed by atoms with Crippen molar-refractivity contribution in [3.8, 4) is 11.3 Å². The van der Waals surface area contributed by atoms with E-state index in [0.717, 1.165) is 16.6 Å². The fraction of sp³-hybridized carbons (Fsp3) is 0. The maximum atomic E-state index is 11.1. The first-order valence-corrected chi connectivity index (χ1v) is 6.01. The van der Waals surface area contributed by atoms with Crippen LogP contribution in [0.2, 0.25) is 5.02 Å². The molecular formula is C14H9ClN2O2. The lowest BCUT2D eigenvalue weighted by atomic mass is 10.1. The molecule has 0 aliphatic carbocycles. The van der Waals surface area contributed by atoms with Gasteiger partial charge in [0.1, 0.15) is 0 Å². The average molecular weight is 273 g/mol. The van der Waals surface area contributed by atoms with Gasteiger partial charge in [-0.1, -0.05) is 35.9 Å². The number of benzene rings is 2. The van der Waals surface area contributed by atoms with Crippen molar-refractivity contribution in [3.05, 3.63) is 53.1 Å². The number of nitrogens with one attached hydrogen (secondary N) is 1. The monoisotopic (exact) mass is 272 g/mol. The third kappa shape index (κ3) is 1.96. The smallest absolute Gasteiger partial charge is 0.337 e. The number of aromatic carboxylic acids is 1. The first-order chi connectivity index (χ1) is 9.16. The molecule has 3 rings (SSSR count). The standard InChI is InChI=1S/C14H9ClN2O2/c15-9-6-4-8(5-7-9)12-10-2-1-3-11(14(18)19)13(10)17-16-12/h1-7H,(H,16,17)(H,18,19). The van der Waals surface area contributed by atoms with E-state index in [4.69, 9.17) is 16.7 Å². The average Bonchev–Trinajstić information content (AvgIpc) is 2.83. The number of para-hydroxylation sites is 1. The van der Waals surface area contributed by atoms with Crippen LogP contribution in [0.4, 0.5) is 0 Å². The molecular weight excluding hydrogens is 264 g/mol. The number of hydrogen-bond donors (Lipinski definition) is 2. The predicted molar refractivity (Wildman–Crippen MR) is 73.5 cm³/mol. The minimum atomic E-state index is -0.975. The number of carbonyl (C=O) groups is 1. The van der Waals surface area contributed by atoms with E-state index in [1.54, 1.807) is 24.3 Å². The zero-order valence-electron chi connectivity index (χ0n) is 9.72. The highest BCUT2D eigenvalue weighted by atomic mass is 35.5. The molecule has 4 nitrogen and oxygen atoms in total. The van der Waals surface area contributed by atoms with Gasteiger partial charge < -0.3 is 5.11 Å². The number of aromatic amines is 1. The van der Waals surface area contributed by atoms with E-state index in [1.807, 2.05) is 18.2 Å². The highest BCUT2D eigenvalue weighted by Gasteiger charge is 2.14. The van der Waals surface area contributed by atoms with Crippen LogP contribution in [0.5, 0.6) is 0 Å². The number of hydrogen-bond acceptors (Lipinski definition) is 2. The summed E-state index contributed by atoms with van der Waals surface area (Å²) in [5.74, 6) is -0.975. The number of aromatic nitrogens is 2. The summed E-state index contributed by atoms with van der Waals surface area (Å²) in [4.78, 5) is 11.1. The molecule has 19 heavy (non-hydrogen) atoms. The van der Waals surface area contributed by atoms with E-state index in [0.29, 0.717) is 10.5 Å². The lowest BCUT2D eigenvalue weighted by Gasteiger charge is -1.99. The molecule has 0 unspecified atom stereocenters. The Labute approximate surface area is 113 Å². The maximum absolute atomic E-state index is 11.1. The topological polar surface area (TPSA) is 66.0 Å². The van der Waals surface area contributed by atoms with Gasteiger partial charge in [0, 0.05) is 16.0 Å². The lowest BCUT2D eigenvalue weighted by Crippen LogP contribution is -1.96.